The average Bonchev–Trinajstić information content (AvgIpc) is 2.39. The fourth-order valence-electron chi connectivity index (χ4n) is 2.18. The molecule has 0 spiro atoms. The molecule has 1 aliphatic heterocycles. The van der Waals surface area contributed by atoms with Crippen molar-refractivity contribution >= 4 is 0 Å². The standard InChI is InChI=1S/C14H20O2/c1-14(2,3)11-7-4-6-10-12(15)8-5-9-16-13(10)11/h4,6-7,12,15H,5,8-9H2,1-3H3/t12-/m0/s1. The number of rotatable bonds is 0. The Morgan fingerprint density at radius 3 is 2.75 bits per heavy atom. The van der Waals surface area contributed by atoms with Crippen molar-refractivity contribution in [2.45, 2.75) is 45.1 Å². The molecule has 1 heterocycles. The van der Waals surface area contributed by atoms with Gasteiger partial charge in [0.05, 0.1) is 12.7 Å². The maximum Gasteiger partial charge on any atom is 0.128 e. The largest absolute Gasteiger partial charge is 0.493 e. The Balaban J connectivity index is 2.53. The second-order valence-corrected chi connectivity index (χ2v) is 5.48. The van der Waals surface area contributed by atoms with Crippen LogP contribution in [-0.4, -0.2) is 11.7 Å². The lowest BCUT2D eigenvalue weighted by Crippen LogP contribution is -2.14. The first-order chi connectivity index (χ1) is 7.50. The van der Waals surface area contributed by atoms with E-state index in [4.69, 9.17) is 4.74 Å². The van der Waals surface area contributed by atoms with Crippen LogP contribution in [0.3, 0.4) is 0 Å². The molecule has 1 atom stereocenters. The van der Waals surface area contributed by atoms with E-state index in [1.165, 1.54) is 5.56 Å². The van der Waals surface area contributed by atoms with Gasteiger partial charge in [0.15, 0.2) is 0 Å². The van der Waals surface area contributed by atoms with Crippen LogP contribution < -0.4 is 4.74 Å². The molecule has 0 bridgehead atoms. The number of benzene rings is 1. The quantitative estimate of drug-likeness (QED) is 0.727. The van der Waals surface area contributed by atoms with Crippen LogP contribution in [0.25, 0.3) is 0 Å². The fourth-order valence-corrected chi connectivity index (χ4v) is 2.18. The van der Waals surface area contributed by atoms with Gasteiger partial charge in [0.1, 0.15) is 5.75 Å². The summed E-state index contributed by atoms with van der Waals surface area (Å²) < 4.78 is 5.82. The molecule has 0 saturated carbocycles. The molecule has 1 N–H and O–H groups in total. The SMILES string of the molecule is CC(C)(C)c1cccc2c1OCCC[C@@H]2O. The highest BCUT2D eigenvalue weighted by Crippen LogP contribution is 2.39. The summed E-state index contributed by atoms with van der Waals surface area (Å²) >= 11 is 0. The molecule has 0 aliphatic carbocycles. The van der Waals surface area contributed by atoms with Gasteiger partial charge in [0, 0.05) is 5.56 Å². The van der Waals surface area contributed by atoms with Crippen molar-refractivity contribution in [2.24, 2.45) is 0 Å². The highest BCUT2D eigenvalue weighted by molar-refractivity contribution is 5.46. The second-order valence-electron chi connectivity index (χ2n) is 5.48. The predicted molar refractivity (Wildman–Crippen MR) is 64.8 cm³/mol. The van der Waals surface area contributed by atoms with Gasteiger partial charge >= 0.3 is 0 Å². The first-order valence-electron chi connectivity index (χ1n) is 5.94. The Bertz CT molecular complexity index is 377. The van der Waals surface area contributed by atoms with E-state index in [1.54, 1.807) is 0 Å². The highest BCUT2D eigenvalue weighted by atomic mass is 16.5. The molecule has 2 nitrogen and oxygen atoms in total. The number of ether oxygens (including phenoxy) is 1. The number of para-hydroxylation sites is 1. The second kappa shape index (κ2) is 4.10. The Morgan fingerprint density at radius 2 is 2.06 bits per heavy atom. The number of aliphatic hydroxyl groups excluding tert-OH is 1. The minimum Gasteiger partial charge on any atom is -0.493 e. The minimum atomic E-state index is -0.375. The summed E-state index contributed by atoms with van der Waals surface area (Å²) in [6, 6.07) is 6.08. The Morgan fingerprint density at radius 1 is 1.31 bits per heavy atom. The maximum atomic E-state index is 10.1. The molecule has 1 aliphatic rings. The number of hydrogen-bond donors (Lipinski definition) is 1. The van der Waals surface area contributed by atoms with E-state index in [0.29, 0.717) is 6.61 Å². The van der Waals surface area contributed by atoms with Crippen LogP contribution >= 0.6 is 0 Å². The lowest BCUT2D eigenvalue weighted by molar-refractivity contribution is 0.167. The van der Waals surface area contributed by atoms with Gasteiger partial charge in [0.2, 0.25) is 0 Å². The van der Waals surface area contributed by atoms with Crippen LogP contribution in [-0.2, 0) is 5.41 Å². The van der Waals surface area contributed by atoms with E-state index >= 15 is 0 Å². The van der Waals surface area contributed by atoms with Crippen molar-refractivity contribution in [3.8, 4) is 5.75 Å². The zero-order valence-corrected chi connectivity index (χ0v) is 10.3. The molecule has 0 amide bonds. The van der Waals surface area contributed by atoms with Crippen LogP contribution in [0.5, 0.6) is 5.75 Å². The first-order valence-corrected chi connectivity index (χ1v) is 5.94. The van der Waals surface area contributed by atoms with Gasteiger partial charge in [-0.2, -0.15) is 0 Å². The lowest BCUT2D eigenvalue weighted by atomic mass is 9.84. The third-order valence-electron chi connectivity index (χ3n) is 3.08. The van der Waals surface area contributed by atoms with Gasteiger partial charge in [-0.1, -0.05) is 39.0 Å². The topological polar surface area (TPSA) is 29.5 Å². The molecule has 2 rings (SSSR count). The third kappa shape index (κ3) is 2.07. The summed E-state index contributed by atoms with van der Waals surface area (Å²) in [5.74, 6) is 0.903. The Labute approximate surface area is 97.3 Å². The van der Waals surface area contributed by atoms with Crippen LogP contribution in [0.4, 0.5) is 0 Å². The van der Waals surface area contributed by atoms with E-state index in [9.17, 15) is 5.11 Å². The molecule has 1 aromatic rings. The highest BCUT2D eigenvalue weighted by Gasteiger charge is 2.25. The van der Waals surface area contributed by atoms with Crippen LogP contribution in [0.15, 0.2) is 18.2 Å². The normalized spacial score (nSPS) is 20.9. The predicted octanol–water partition coefficient (Wildman–Crippen LogP) is 3.19. The number of aliphatic hydroxyl groups is 1. The van der Waals surface area contributed by atoms with Crippen molar-refractivity contribution in [1.29, 1.82) is 0 Å². The van der Waals surface area contributed by atoms with Crippen molar-refractivity contribution < 1.29 is 9.84 Å². The summed E-state index contributed by atoms with van der Waals surface area (Å²) in [6.07, 6.45) is 1.33. The molecule has 2 heteroatoms. The zero-order valence-electron chi connectivity index (χ0n) is 10.3. The molecule has 88 valence electrons. The van der Waals surface area contributed by atoms with E-state index in [0.717, 1.165) is 24.2 Å². The summed E-state index contributed by atoms with van der Waals surface area (Å²) in [4.78, 5) is 0. The van der Waals surface area contributed by atoms with Crippen molar-refractivity contribution in [3.05, 3.63) is 29.3 Å². The summed E-state index contributed by atoms with van der Waals surface area (Å²) in [6.45, 7) is 7.22. The smallest absolute Gasteiger partial charge is 0.128 e. The van der Waals surface area contributed by atoms with Crippen molar-refractivity contribution in [1.82, 2.24) is 0 Å². The Hall–Kier alpha value is -1.02. The van der Waals surface area contributed by atoms with E-state index < -0.39 is 0 Å². The average molecular weight is 220 g/mol. The molecule has 1 aromatic carbocycles. The first kappa shape index (κ1) is 11.5. The molecular weight excluding hydrogens is 200 g/mol. The molecule has 16 heavy (non-hydrogen) atoms. The summed E-state index contributed by atoms with van der Waals surface area (Å²) in [7, 11) is 0. The molecular formula is C14H20O2. The molecule has 0 unspecified atom stereocenters. The molecule has 0 aromatic heterocycles. The van der Waals surface area contributed by atoms with Gasteiger partial charge < -0.3 is 9.84 Å². The van der Waals surface area contributed by atoms with Gasteiger partial charge in [-0.25, -0.2) is 0 Å². The van der Waals surface area contributed by atoms with Crippen LogP contribution in [0.2, 0.25) is 0 Å². The summed E-state index contributed by atoms with van der Waals surface area (Å²) in [5, 5.41) is 10.1. The van der Waals surface area contributed by atoms with Crippen molar-refractivity contribution in [3.63, 3.8) is 0 Å². The molecule has 0 saturated heterocycles. The summed E-state index contributed by atoms with van der Waals surface area (Å²) in [5.41, 5.74) is 2.19. The maximum absolute atomic E-state index is 10.1. The van der Waals surface area contributed by atoms with E-state index in [2.05, 4.69) is 26.8 Å². The van der Waals surface area contributed by atoms with Crippen molar-refractivity contribution in [2.75, 3.05) is 6.61 Å². The van der Waals surface area contributed by atoms with Gasteiger partial charge in [0.25, 0.3) is 0 Å². The zero-order chi connectivity index (χ0) is 11.8. The lowest BCUT2D eigenvalue weighted by Gasteiger charge is -2.24. The van der Waals surface area contributed by atoms with Gasteiger partial charge in [-0.15, -0.1) is 0 Å². The number of hydrogen-bond acceptors (Lipinski definition) is 2. The van der Waals surface area contributed by atoms with E-state index in [-0.39, 0.29) is 11.5 Å². The third-order valence-corrected chi connectivity index (χ3v) is 3.08. The number of fused-ring (bicyclic) bond motifs is 1. The molecule has 0 fully saturated rings. The minimum absolute atomic E-state index is 0.0510. The van der Waals surface area contributed by atoms with Crippen LogP contribution in [0, 0.1) is 0 Å². The monoisotopic (exact) mass is 220 g/mol. The van der Waals surface area contributed by atoms with E-state index in [1.807, 2.05) is 12.1 Å². The van der Waals surface area contributed by atoms with Gasteiger partial charge in [-0.05, 0) is 23.8 Å². The van der Waals surface area contributed by atoms with Gasteiger partial charge in [-0.3, -0.25) is 0 Å². The Kier molecular flexibility index (Phi) is 2.94. The fraction of sp³-hybridized carbons (Fsp3) is 0.571. The van der Waals surface area contributed by atoms with Crippen LogP contribution in [0.1, 0.15) is 50.8 Å². The molecule has 0 radical (unpaired) electrons.